The molecule has 12 heteroatoms. The molecule has 36 heavy (non-hydrogen) atoms. The Balaban J connectivity index is 1.25. The summed E-state index contributed by atoms with van der Waals surface area (Å²) in [6.07, 6.45) is 7.00. The van der Waals surface area contributed by atoms with Gasteiger partial charge in [-0.3, -0.25) is 0 Å². The van der Waals surface area contributed by atoms with Crippen LogP contribution in [-0.4, -0.2) is 110 Å². The first kappa shape index (κ1) is 31.5. The summed E-state index contributed by atoms with van der Waals surface area (Å²) in [5.74, 6) is 2.08. The second-order valence-electron chi connectivity index (χ2n) is 8.03. The standard InChI is InChI=1S/C24H36O4S4Se4/c1-3-33-23-19(29-15-13-27-17-9-5-7-11-25-17)31-21(35-23)22-32-20(24(36-22)34-4-2)30-16-14-28-18-10-6-8-12-26-18/h17-18H,3-16H2,1-2H3/b22-21+. The zero-order chi connectivity index (χ0) is 25.0. The van der Waals surface area contributed by atoms with Crippen molar-refractivity contribution in [1.29, 1.82) is 0 Å². The SMILES string of the molecule is CC[Se]C1=C(SCCOC2CCCCO2)S/C(=C2/SC(SCCOC3CCCCO3)=C([Se]CC)[Se]2)[Se]1. The van der Waals surface area contributed by atoms with E-state index in [9.17, 15) is 0 Å². The molecule has 2 unspecified atom stereocenters. The van der Waals surface area contributed by atoms with Gasteiger partial charge in [-0.1, -0.05) is 0 Å². The fourth-order valence-corrected chi connectivity index (χ4v) is 26.9. The molecule has 0 radical (unpaired) electrons. The number of hydrogen-bond acceptors (Lipinski definition) is 8. The average molecular weight is 833 g/mol. The third-order valence-electron chi connectivity index (χ3n) is 5.31. The Morgan fingerprint density at radius 3 is 1.64 bits per heavy atom. The fourth-order valence-electron chi connectivity index (χ4n) is 3.64. The maximum absolute atomic E-state index is 6.00. The summed E-state index contributed by atoms with van der Waals surface area (Å²) in [6.45, 7) is 8.00. The van der Waals surface area contributed by atoms with Crippen LogP contribution in [0.3, 0.4) is 0 Å². The van der Waals surface area contributed by atoms with Crippen molar-refractivity contribution in [3.8, 4) is 0 Å². The van der Waals surface area contributed by atoms with Gasteiger partial charge in [0.1, 0.15) is 0 Å². The third kappa shape index (κ3) is 10.4. The van der Waals surface area contributed by atoms with Gasteiger partial charge in [-0.25, -0.2) is 0 Å². The molecule has 4 rings (SSSR count). The van der Waals surface area contributed by atoms with Gasteiger partial charge in [0.25, 0.3) is 0 Å². The van der Waals surface area contributed by atoms with Gasteiger partial charge in [0, 0.05) is 0 Å². The van der Waals surface area contributed by atoms with Crippen molar-refractivity contribution >= 4 is 107 Å². The number of rotatable bonds is 14. The first-order valence-corrected chi connectivity index (χ1v) is 23.8. The van der Waals surface area contributed by atoms with Crippen LogP contribution in [0.4, 0.5) is 0 Å². The molecule has 0 aromatic rings. The molecule has 0 spiro atoms. The topological polar surface area (TPSA) is 36.9 Å². The average Bonchev–Trinajstić information content (AvgIpc) is 3.50. The van der Waals surface area contributed by atoms with Crippen molar-refractivity contribution in [3.05, 3.63) is 22.8 Å². The van der Waals surface area contributed by atoms with E-state index in [0.29, 0.717) is 59.8 Å². The summed E-state index contributed by atoms with van der Waals surface area (Å²) >= 11 is 10.7. The van der Waals surface area contributed by atoms with E-state index in [1.54, 1.807) is 22.8 Å². The molecule has 2 saturated heterocycles. The molecular weight excluding hydrogens is 796 g/mol. The van der Waals surface area contributed by atoms with Crippen LogP contribution in [0, 0.1) is 0 Å². The summed E-state index contributed by atoms with van der Waals surface area (Å²) in [6, 6.07) is 0. The molecule has 204 valence electrons. The van der Waals surface area contributed by atoms with Gasteiger partial charge in [-0.15, -0.1) is 0 Å². The molecule has 0 aromatic carbocycles. The van der Waals surface area contributed by atoms with Crippen molar-refractivity contribution in [3.63, 3.8) is 0 Å². The Morgan fingerprint density at radius 2 is 1.25 bits per heavy atom. The summed E-state index contributed by atoms with van der Waals surface area (Å²) in [4.78, 5) is 0. The Bertz CT molecular complexity index is 735. The van der Waals surface area contributed by atoms with Gasteiger partial charge in [-0.05, 0) is 0 Å². The molecule has 2 atom stereocenters. The second-order valence-corrected chi connectivity index (χ2v) is 26.2. The van der Waals surface area contributed by atoms with Crippen molar-refractivity contribution in [2.75, 3.05) is 37.9 Å². The first-order chi connectivity index (χ1) is 17.8. The van der Waals surface area contributed by atoms with Crippen LogP contribution >= 0.6 is 47.0 Å². The van der Waals surface area contributed by atoms with Crippen LogP contribution in [0.25, 0.3) is 0 Å². The molecule has 2 fully saturated rings. The van der Waals surface area contributed by atoms with Crippen molar-refractivity contribution < 1.29 is 18.9 Å². The van der Waals surface area contributed by atoms with Crippen LogP contribution in [0.2, 0.25) is 10.6 Å². The molecule has 0 aromatic heterocycles. The molecule has 4 aliphatic rings. The zero-order valence-corrected chi connectivity index (χ0v) is 31.1. The van der Waals surface area contributed by atoms with Crippen molar-refractivity contribution in [1.82, 2.24) is 0 Å². The molecule has 0 saturated carbocycles. The zero-order valence-electron chi connectivity index (χ0n) is 21.0. The van der Waals surface area contributed by atoms with E-state index in [2.05, 4.69) is 37.4 Å². The van der Waals surface area contributed by atoms with Crippen molar-refractivity contribution in [2.45, 2.75) is 75.6 Å². The maximum atomic E-state index is 6.00. The Labute approximate surface area is 259 Å². The molecule has 0 amide bonds. The number of ether oxygens (including phenoxy) is 4. The minimum atomic E-state index is 0.0322. The normalized spacial score (nSPS) is 27.5. The monoisotopic (exact) mass is 836 g/mol. The van der Waals surface area contributed by atoms with Crippen molar-refractivity contribution in [2.24, 2.45) is 0 Å². The molecule has 4 aliphatic heterocycles. The van der Waals surface area contributed by atoms with Gasteiger partial charge in [-0.2, -0.15) is 0 Å². The van der Waals surface area contributed by atoms with E-state index in [4.69, 9.17) is 18.9 Å². The summed E-state index contributed by atoms with van der Waals surface area (Å²) in [5, 5.41) is 2.60. The molecule has 4 heterocycles. The van der Waals surface area contributed by atoms with Crippen LogP contribution in [-0.2, 0) is 18.9 Å². The van der Waals surface area contributed by atoms with E-state index in [1.165, 1.54) is 36.3 Å². The van der Waals surface area contributed by atoms with E-state index in [0.717, 1.165) is 50.8 Å². The van der Waals surface area contributed by atoms with Gasteiger partial charge >= 0.3 is 262 Å². The van der Waals surface area contributed by atoms with Gasteiger partial charge in [0.05, 0.1) is 0 Å². The molecule has 0 N–H and O–H groups in total. The summed E-state index contributed by atoms with van der Waals surface area (Å²) in [7, 11) is 0. The summed E-state index contributed by atoms with van der Waals surface area (Å²) in [5.41, 5.74) is 0. The molecule has 0 bridgehead atoms. The van der Waals surface area contributed by atoms with Crippen LogP contribution in [0.15, 0.2) is 22.8 Å². The van der Waals surface area contributed by atoms with Crippen LogP contribution in [0.5, 0.6) is 0 Å². The number of hydrogen-bond donors (Lipinski definition) is 0. The Morgan fingerprint density at radius 1 is 0.778 bits per heavy atom. The predicted octanol–water partition coefficient (Wildman–Crippen LogP) is 6.11. The van der Waals surface area contributed by atoms with Gasteiger partial charge < -0.3 is 0 Å². The Hall–Kier alpha value is 2.54. The Kier molecular flexibility index (Phi) is 15.9. The first-order valence-electron chi connectivity index (χ1n) is 12.7. The third-order valence-corrected chi connectivity index (χ3v) is 26.2. The summed E-state index contributed by atoms with van der Waals surface area (Å²) < 4.78 is 33.7. The minimum absolute atomic E-state index is 0.0322. The van der Waals surface area contributed by atoms with E-state index >= 15 is 0 Å². The van der Waals surface area contributed by atoms with E-state index in [-0.39, 0.29) is 12.6 Å². The van der Waals surface area contributed by atoms with E-state index in [1.807, 2.05) is 23.5 Å². The quantitative estimate of drug-likeness (QED) is 0.154. The fraction of sp³-hybridized carbons (Fsp3) is 0.750. The van der Waals surface area contributed by atoms with Crippen LogP contribution in [0.1, 0.15) is 52.4 Å². The predicted molar refractivity (Wildman–Crippen MR) is 164 cm³/mol. The van der Waals surface area contributed by atoms with E-state index < -0.39 is 0 Å². The van der Waals surface area contributed by atoms with Crippen LogP contribution < -0.4 is 0 Å². The second kappa shape index (κ2) is 18.2. The molecule has 0 aliphatic carbocycles. The number of thioether (sulfide) groups is 4. The van der Waals surface area contributed by atoms with Gasteiger partial charge in [0.2, 0.25) is 0 Å². The molecule has 4 nitrogen and oxygen atoms in total. The molecular formula is C24H36O4S4Se4. The van der Waals surface area contributed by atoms with Gasteiger partial charge in [0.15, 0.2) is 0 Å².